The minimum Gasteiger partial charge on any atom is -0.462 e. The average Bonchev–Trinajstić information content (AvgIpc) is 2.72. The van der Waals surface area contributed by atoms with Crippen molar-refractivity contribution < 1.29 is 19.1 Å². The molecule has 0 fully saturated rings. The van der Waals surface area contributed by atoms with Gasteiger partial charge in [-0.25, -0.2) is 0 Å². The molecule has 0 aliphatic rings. The van der Waals surface area contributed by atoms with Crippen LogP contribution in [0.1, 0.15) is 117 Å². The number of hydrogen-bond acceptors (Lipinski definition) is 5. The van der Waals surface area contributed by atoms with Gasteiger partial charge in [-0.3, -0.25) is 9.59 Å². The predicted octanol–water partition coefficient (Wildman–Crippen LogP) is 6.53. The van der Waals surface area contributed by atoms with Crippen molar-refractivity contribution in [3.63, 3.8) is 0 Å². The summed E-state index contributed by atoms with van der Waals surface area (Å²) >= 11 is 0. The summed E-state index contributed by atoms with van der Waals surface area (Å²) in [5.41, 5.74) is 0. The summed E-state index contributed by atoms with van der Waals surface area (Å²) in [5, 5.41) is 0. The molecule has 184 valence electrons. The molecule has 5 heteroatoms. The van der Waals surface area contributed by atoms with Crippen LogP contribution in [0.15, 0.2) is 0 Å². The number of carbonyl (C=O) groups is 2. The molecule has 0 saturated heterocycles. The minimum absolute atomic E-state index is 0.150. The average molecular weight is 442 g/mol. The summed E-state index contributed by atoms with van der Waals surface area (Å²) in [6.45, 7) is 7.44. The van der Waals surface area contributed by atoms with Gasteiger partial charge in [0.25, 0.3) is 0 Å². The van der Waals surface area contributed by atoms with E-state index in [1.54, 1.807) is 6.92 Å². The number of unbranched alkanes of at least 4 members (excludes halogenated alkanes) is 8. The van der Waals surface area contributed by atoms with E-state index in [1.807, 2.05) is 0 Å². The third kappa shape index (κ3) is 20.6. The summed E-state index contributed by atoms with van der Waals surface area (Å²) in [4.78, 5) is 26.4. The van der Waals surface area contributed by atoms with Crippen molar-refractivity contribution in [2.24, 2.45) is 5.92 Å². The van der Waals surface area contributed by atoms with Crippen LogP contribution in [0.25, 0.3) is 0 Å². The van der Waals surface area contributed by atoms with E-state index in [-0.39, 0.29) is 24.6 Å². The molecule has 1 unspecified atom stereocenters. The highest BCUT2D eigenvalue weighted by Gasteiger charge is 2.17. The molecular weight excluding hydrogens is 390 g/mol. The molecule has 31 heavy (non-hydrogen) atoms. The molecule has 0 aliphatic heterocycles. The van der Waals surface area contributed by atoms with Crippen LogP contribution < -0.4 is 0 Å². The van der Waals surface area contributed by atoms with Crippen LogP contribution >= 0.6 is 0 Å². The number of ether oxygens (including phenoxy) is 2. The molecule has 1 atom stereocenters. The summed E-state index contributed by atoms with van der Waals surface area (Å²) < 4.78 is 10.8. The Morgan fingerprint density at radius 3 is 1.90 bits per heavy atom. The molecule has 0 rings (SSSR count). The first-order chi connectivity index (χ1) is 14.9. The number of nitrogens with zero attached hydrogens (tertiary/aromatic N) is 1. The Hall–Kier alpha value is -1.10. The quantitative estimate of drug-likeness (QED) is 0.150. The highest BCUT2D eigenvalue weighted by atomic mass is 16.6. The third-order valence-electron chi connectivity index (χ3n) is 5.69. The Kier molecular flexibility index (Phi) is 20.0. The molecule has 0 spiro atoms. The predicted molar refractivity (Wildman–Crippen MR) is 129 cm³/mol. The maximum absolute atomic E-state index is 12.4. The van der Waals surface area contributed by atoms with Crippen molar-refractivity contribution in [2.45, 2.75) is 123 Å². The molecule has 0 bridgehead atoms. The van der Waals surface area contributed by atoms with E-state index in [1.165, 1.54) is 51.4 Å². The highest BCUT2D eigenvalue weighted by molar-refractivity contribution is 5.70. The molecule has 0 saturated carbocycles. The van der Waals surface area contributed by atoms with Crippen LogP contribution in [0.3, 0.4) is 0 Å². The minimum atomic E-state index is -0.384. The van der Waals surface area contributed by atoms with E-state index in [4.69, 9.17) is 9.47 Å². The number of esters is 2. The molecule has 0 heterocycles. The second-order valence-corrected chi connectivity index (χ2v) is 9.37. The maximum atomic E-state index is 12.4. The number of carbonyl (C=O) groups excluding carboxylic acids is 2. The first kappa shape index (κ1) is 29.9. The molecule has 0 aromatic heterocycles. The second kappa shape index (κ2) is 20.8. The zero-order chi connectivity index (χ0) is 23.3. The first-order valence-corrected chi connectivity index (χ1v) is 12.9. The molecule has 0 N–H and O–H groups in total. The molecule has 0 aromatic rings. The lowest BCUT2D eigenvalue weighted by atomic mass is 9.92. The van der Waals surface area contributed by atoms with Gasteiger partial charge in [0.15, 0.2) is 0 Å². The van der Waals surface area contributed by atoms with Gasteiger partial charge in [-0.1, -0.05) is 71.6 Å². The van der Waals surface area contributed by atoms with Gasteiger partial charge >= 0.3 is 11.9 Å². The fourth-order valence-corrected chi connectivity index (χ4v) is 3.76. The van der Waals surface area contributed by atoms with Crippen LogP contribution in [0.5, 0.6) is 0 Å². The number of hydrogen-bond donors (Lipinski definition) is 0. The van der Waals surface area contributed by atoms with E-state index < -0.39 is 0 Å². The van der Waals surface area contributed by atoms with Crippen molar-refractivity contribution in [1.29, 1.82) is 0 Å². The Morgan fingerprint density at radius 2 is 1.35 bits per heavy atom. The monoisotopic (exact) mass is 441 g/mol. The van der Waals surface area contributed by atoms with Gasteiger partial charge in [0.1, 0.15) is 12.7 Å². The second-order valence-electron chi connectivity index (χ2n) is 9.37. The third-order valence-corrected chi connectivity index (χ3v) is 5.69. The van der Waals surface area contributed by atoms with Crippen molar-refractivity contribution in [2.75, 3.05) is 27.2 Å². The first-order valence-electron chi connectivity index (χ1n) is 12.9. The topological polar surface area (TPSA) is 55.8 Å². The largest absolute Gasteiger partial charge is 0.462 e. The Labute approximate surface area is 192 Å². The Morgan fingerprint density at radius 1 is 0.774 bits per heavy atom. The Bertz CT molecular complexity index is 427. The lowest BCUT2D eigenvalue weighted by molar-refractivity contribution is -0.158. The molecule has 0 aromatic carbocycles. The van der Waals surface area contributed by atoms with Gasteiger partial charge in [-0.05, 0) is 59.2 Å². The smallest absolute Gasteiger partial charge is 0.306 e. The molecule has 0 amide bonds. The van der Waals surface area contributed by atoms with Crippen molar-refractivity contribution in [3.8, 4) is 0 Å². The van der Waals surface area contributed by atoms with Crippen LogP contribution in [-0.2, 0) is 19.1 Å². The Balaban J connectivity index is 4.10. The van der Waals surface area contributed by atoms with Crippen LogP contribution in [-0.4, -0.2) is 50.2 Å². The van der Waals surface area contributed by atoms with E-state index in [9.17, 15) is 9.59 Å². The summed E-state index contributed by atoms with van der Waals surface area (Å²) in [5.74, 6) is 0.0712. The fourth-order valence-electron chi connectivity index (χ4n) is 3.76. The lowest BCUT2D eigenvalue weighted by Gasteiger charge is -2.18. The van der Waals surface area contributed by atoms with Crippen molar-refractivity contribution >= 4 is 11.9 Å². The van der Waals surface area contributed by atoms with E-state index in [0.29, 0.717) is 18.8 Å². The maximum Gasteiger partial charge on any atom is 0.306 e. The molecule has 0 aliphatic carbocycles. The fraction of sp³-hybridized carbons (Fsp3) is 0.923. The van der Waals surface area contributed by atoms with Gasteiger partial charge in [-0.2, -0.15) is 0 Å². The lowest BCUT2D eigenvalue weighted by Crippen LogP contribution is -2.23. The van der Waals surface area contributed by atoms with Crippen molar-refractivity contribution in [1.82, 2.24) is 4.90 Å². The zero-order valence-corrected chi connectivity index (χ0v) is 21.3. The summed E-state index contributed by atoms with van der Waals surface area (Å²) in [7, 11) is 4.11. The SMILES string of the molecule is CCCCCCC(CCCCCC)CC(=O)OCC(C)OC(=O)CCCCCN(C)C. The number of rotatable bonds is 21. The molecular formula is C26H51NO4. The van der Waals surface area contributed by atoms with Crippen LogP contribution in [0.4, 0.5) is 0 Å². The molecule has 0 radical (unpaired) electrons. The van der Waals surface area contributed by atoms with Gasteiger partial charge in [0, 0.05) is 12.8 Å². The van der Waals surface area contributed by atoms with E-state index >= 15 is 0 Å². The van der Waals surface area contributed by atoms with Gasteiger partial charge < -0.3 is 14.4 Å². The van der Waals surface area contributed by atoms with Gasteiger partial charge in [-0.15, -0.1) is 0 Å². The van der Waals surface area contributed by atoms with Crippen molar-refractivity contribution in [3.05, 3.63) is 0 Å². The zero-order valence-electron chi connectivity index (χ0n) is 21.3. The van der Waals surface area contributed by atoms with E-state index in [0.717, 1.165) is 38.6 Å². The van der Waals surface area contributed by atoms with Gasteiger partial charge in [0.05, 0.1) is 0 Å². The summed E-state index contributed by atoms with van der Waals surface area (Å²) in [6, 6.07) is 0. The van der Waals surface area contributed by atoms with Crippen LogP contribution in [0, 0.1) is 5.92 Å². The normalized spacial score (nSPS) is 12.4. The molecule has 5 nitrogen and oxygen atoms in total. The highest BCUT2D eigenvalue weighted by Crippen LogP contribution is 2.22. The standard InChI is InChI=1S/C26H51NO4/c1-6-8-10-13-17-24(18-14-11-9-7-2)21-26(29)30-22-23(3)31-25(28)19-15-12-16-20-27(4)5/h23-24H,6-22H2,1-5H3. The van der Waals surface area contributed by atoms with Crippen LogP contribution in [0.2, 0.25) is 0 Å². The van der Waals surface area contributed by atoms with Gasteiger partial charge in [0.2, 0.25) is 0 Å². The van der Waals surface area contributed by atoms with E-state index in [2.05, 4.69) is 32.8 Å². The summed E-state index contributed by atoms with van der Waals surface area (Å²) in [6.07, 6.45) is 15.6.